The first kappa shape index (κ1) is 14.8. The van der Waals surface area contributed by atoms with Crippen LogP contribution in [0.1, 0.15) is 38.8 Å². The molecule has 1 aliphatic heterocycles. The van der Waals surface area contributed by atoms with Crippen LogP contribution in [0.3, 0.4) is 0 Å². The second-order valence-electron chi connectivity index (χ2n) is 5.47. The predicted octanol–water partition coefficient (Wildman–Crippen LogP) is 1.60. The number of nitrogens with two attached hydrogens (primary N) is 1. The molecule has 1 fully saturated rings. The molecule has 0 spiro atoms. The van der Waals surface area contributed by atoms with Crippen molar-refractivity contribution in [1.82, 2.24) is 9.78 Å². The van der Waals surface area contributed by atoms with Crippen LogP contribution in [0.4, 0.5) is 11.5 Å². The highest BCUT2D eigenvalue weighted by Crippen LogP contribution is 2.35. The fraction of sp³-hybridized carbons (Fsp3) is 0.769. The van der Waals surface area contributed by atoms with Crippen LogP contribution in [0.5, 0.6) is 0 Å². The van der Waals surface area contributed by atoms with E-state index in [1.54, 1.807) is 11.7 Å². The maximum atomic E-state index is 11.4. The molecule has 7 heteroatoms. The fourth-order valence-electron chi connectivity index (χ4n) is 3.07. The van der Waals surface area contributed by atoms with Crippen LogP contribution in [0.15, 0.2) is 0 Å². The summed E-state index contributed by atoms with van der Waals surface area (Å²) in [5.74, 6) is 0.605. The molecule has 7 nitrogen and oxygen atoms in total. The standard InChI is InChI=1S/C13H23N5O2/c1-4-10-12(18(19)20)13(16(3)15-10)17-8-6-5-7-11(17)9(2)14/h9,11H,4-8,14H2,1-3H3. The van der Waals surface area contributed by atoms with E-state index in [1.807, 2.05) is 13.8 Å². The molecular formula is C13H23N5O2. The van der Waals surface area contributed by atoms with Gasteiger partial charge in [0.2, 0.25) is 5.82 Å². The van der Waals surface area contributed by atoms with Crippen molar-refractivity contribution in [1.29, 1.82) is 0 Å². The van der Waals surface area contributed by atoms with Crippen LogP contribution < -0.4 is 10.6 Å². The normalized spacial score (nSPS) is 21.0. The van der Waals surface area contributed by atoms with Crippen LogP contribution in [-0.2, 0) is 13.5 Å². The molecule has 2 heterocycles. The lowest BCUT2D eigenvalue weighted by Gasteiger charge is -2.38. The van der Waals surface area contributed by atoms with Gasteiger partial charge in [-0.1, -0.05) is 6.92 Å². The van der Waals surface area contributed by atoms with Crippen molar-refractivity contribution in [2.24, 2.45) is 12.8 Å². The lowest BCUT2D eigenvalue weighted by Crippen LogP contribution is -2.50. The van der Waals surface area contributed by atoms with E-state index < -0.39 is 0 Å². The summed E-state index contributed by atoms with van der Waals surface area (Å²) in [6.45, 7) is 4.65. The van der Waals surface area contributed by atoms with Gasteiger partial charge in [0, 0.05) is 25.7 Å². The van der Waals surface area contributed by atoms with Crippen LogP contribution in [0, 0.1) is 10.1 Å². The van der Waals surface area contributed by atoms with Crippen molar-refractivity contribution >= 4 is 11.5 Å². The minimum atomic E-state index is -0.311. The summed E-state index contributed by atoms with van der Waals surface area (Å²) in [7, 11) is 1.77. The molecule has 0 saturated carbocycles. The van der Waals surface area contributed by atoms with E-state index in [2.05, 4.69) is 10.00 Å². The Morgan fingerprint density at radius 2 is 2.25 bits per heavy atom. The summed E-state index contributed by atoms with van der Waals surface area (Å²) in [6.07, 6.45) is 3.68. The first-order valence-electron chi connectivity index (χ1n) is 7.19. The summed E-state index contributed by atoms with van der Waals surface area (Å²) < 4.78 is 1.64. The Balaban J connectivity index is 2.49. The third-order valence-electron chi connectivity index (χ3n) is 4.01. The van der Waals surface area contributed by atoms with Gasteiger partial charge in [0.1, 0.15) is 5.69 Å². The third-order valence-corrected chi connectivity index (χ3v) is 4.01. The van der Waals surface area contributed by atoms with Gasteiger partial charge in [-0.2, -0.15) is 5.10 Å². The zero-order valence-corrected chi connectivity index (χ0v) is 12.4. The fourth-order valence-corrected chi connectivity index (χ4v) is 3.07. The number of hydrogen-bond donors (Lipinski definition) is 1. The van der Waals surface area contributed by atoms with Gasteiger partial charge in [-0.15, -0.1) is 0 Å². The third kappa shape index (κ3) is 2.49. The van der Waals surface area contributed by atoms with E-state index in [1.165, 1.54) is 0 Å². The van der Waals surface area contributed by atoms with E-state index >= 15 is 0 Å². The maximum Gasteiger partial charge on any atom is 0.334 e. The summed E-state index contributed by atoms with van der Waals surface area (Å²) in [6, 6.07) is 0.123. The number of anilines is 1. The number of rotatable bonds is 4. The van der Waals surface area contributed by atoms with E-state index in [4.69, 9.17) is 5.73 Å². The van der Waals surface area contributed by atoms with E-state index in [0.717, 1.165) is 25.8 Å². The second-order valence-corrected chi connectivity index (χ2v) is 5.47. The monoisotopic (exact) mass is 281 g/mol. The summed E-state index contributed by atoms with van der Waals surface area (Å²) in [5.41, 5.74) is 6.75. The van der Waals surface area contributed by atoms with Gasteiger partial charge in [0.05, 0.1) is 4.92 Å². The summed E-state index contributed by atoms with van der Waals surface area (Å²) >= 11 is 0. The van der Waals surface area contributed by atoms with Crippen molar-refractivity contribution in [3.63, 3.8) is 0 Å². The molecule has 2 atom stereocenters. The minimum Gasteiger partial charge on any atom is -0.347 e. The van der Waals surface area contributed by atoms with Gasteiger partial charge in [-0.05, 0) is 32.6 Å². The number of nitro groups is 1. The average molecular weight is 281 g/mol. The molecule has 2 rings (SSSR count). The number of nitrogens with zero attached hydrogens (tertiary/aromatic N) is 4. The van der Waals surface area contributed by atoms with Gasteiger partial charge in [-0.25, -0.2) is 4.68 Å². The van der Waals surface area contributed by atoms with Crippen LogP contribution in [0.25, 0.3) is 0 Å². The van der Waals surface area contributed by atoms with Crippen molar-refractivity contribution in [3.05, 3.63) is 15.8 Å². The highest BCUT2D eigenvalue weighted by molar-refractivity contribution is 5.62. The Labute approximate surface area is 118 Å². The van der Waals surface area contributed by atoms with Crippen LogP contribution in [-0.4, -0.2) is 33.3 Å². The van der Waals surface area contributed by atoms with Gasteiger partial charge in [0.15, 0.2) is 0 Å². The molecule has 1 aliphatic rings. The molecule has 0 amide bonds. The number of aromatic nitrogens is 2. The molecule has 20 heavy (non-hydrogen) atoms. The molecule has 0 aliphatic carbocycles. The SMILES string of the molecule is CCc1nn(C)c(N2CCCCC2C(C)N)c1[N+](=O)[O-]. The molecule has 0 aromatic carbocycles. The van der Waals surface area contributed by atoms with Gasteiger partial charge < -0.3 is 10.6 Å². The quantitative estimate of drug-likeness (QED) is 0.668. The van der Waals surface area contributed by atoms with Gasteiger partial charge >= 0.3 is 5.69 Å². The number of piperidine rings is 1. The summed E-state index contributed by atoms with van der Waals surface area (Å²) in [4.78, 5) is 13.2. The highest BCUT2D eigenvalue weighted by Gasteiger charge is 2.35. The molecule has 112 valence electrons. The number of aryl methyl sites for hydroxylation is 2. The predicted molar refractivity (Wildman–Crippen MR) is 77.9 cm³/mol. The molecule has 0 radical (unpaired) electrons. The largest absolute Gasteiger partial charge is 0.347 e. The Morgan fingerprint density at radius 3 is 2.80 bits per heavy atom. The van der Waals surface area contributed by atoms with Crippen molar-refractivity contribution < 1.29 is 4.92 Å². The van der Waals surface area contributed by atoms with Crippen molar-refractivity contribution in [2.45, 2.75) is 51.6 Å². The molecule has 2 N–H and O–H groups in total. The Kier molecular flexibility index (Phi) is 4.27. The van der Waals surface area contributed by atoms with Crippen LogP contribution in [0.2, 0.25) is 0 Å². The lowest BCUT2D eigenvalue weighted by molar-refractivity contribution is -0.384. The topological polar surface area (TPSA) is 90.2 Å². The van der Waals surface area contributed by atoms with E-state index in [0.29, 0.717) is 17.9 Å². The van der Waals surface area contributed by atoms with E-state index in [9.17, 15) is 10.1 Å². The van der Waals surface area contributed by atoms with Gasteiger partial charge in [-0.3, -0.25) is 10.1 Å². The molecular weight excluding hydrogens is 258 g/mol. The Morgan fingerprint density at radius 1 is 1.55 bits per heavy atom. The van der Waals surface area contributed by atoms with Crippen molar-refractivity contribution in [3.8, 4) is 0 Å². The zero-order valence-electron chi connectivity index (χ0n) is 12.4. The van der Waals surface area contributed by atoms with Crippen molar-refractivity contribution in [2.75, 3.05) is 11.4 Å². The zero-order chi connectivity index (χ0) is 14.9. The first-order valence-corrected chi connectivity index (χ1v) is 7.19. The minimum absolute atomic E-state index is 0.0186. The molecule has 2 unspecified atom stereocenters. The highest BCUT2D eigenvalue weighted by atomic mass is 16.6. The smallest absolute Gasteiger partial charge is 0.334 e. The second kappa shape index (κ2) is 5.78. The van der Waals surface area contributed by atoms with E-state index in [-0.39, 0.29) is 22.7 Å². The molecule has 0 bridgehead atoms. The molecule has 1 aromatic rings. The summed E-state index contributed by atoms with van der Waals surface area (Å²) in [5, 5.41) is 15.7. The molecule has 1 aromatic heterocycles. The lowest BCUT2D eigenvalue weighted by atomic mass is 9.97. The average Bonchev–Trinajstić information content (AvgIpc) is 2.75. The Bertz CT molecular complexity index is 497. The van der Waals surface area contributed by atoms with Gasteiger partial charge in [0.25, 0.3) is 0 Å². The first-order chi connectivity index (χ1) is 9.47. The number of hydrogen-bond acceptors (Lipinski definition) is 5. The maximum absolute atomic E-state index is 11.4. The molecule has 1 saturated heterocycles. The van der Waals surface area contributed by atoms with Crippen LogP contribution >= 0.6 is 0 Å². The Hall–Kier alpha value is -1.63.